The number of amides is 2. The van der Waals surface area contributed by atoms with Crippen molar-refractivity contribution >= 4 is 33.7 Å². The summed E-state index contributed by atoms with van der Waals surface area (Å²) in [6, 6.07) is 7.93. The fourth-order valence-electron chi connectivity index (χ4n) is 9.33. The molecule has 4 aliphatic heterocycles. The van der Waals surface area contributed by atoms with Gasteiger partial charge in [0.2, 0.25) is 5.91 Å². The highest BCUT2D eigenvalue weighted by atomic mass is 19.1. The van der Waals surface area contributed by atoms with Gasteiger partial charge in [-0.3, -0.25) is 24.5 Å². The molecule has 2 aromatic heterocycles. The molecule has 292 valence electrons. The first kappa shape index (κ1) is 37.2. The molecule has 55 heavy (non-hydrogen) atoms. The van der Waals surface area contributed by atoms with Gasteiger partial charge in [-0.2, -0.15) is 4.98 Å². The van der Waals surface area contributed by atoms with Crippen molar-refractivity contribution in [1.29, 1.82) is 0 Å². The summed E-state index contributed by atoms with van der Waals surface area (Å²) in [5.41, 5.74) is -1.41. The van der Waals surface area contributed by atoms with E-state index in [4.69, 9.17) is 9.47 Å². The van der Waals surface area contributed by atoms with Gasteiger partial charge >= 0.3 is 6.09 Å². The molecule has 4 aromatic rings. The van der Waals surface area contributed by atoms with Crippen LogP contribution in [0.4, 0.5) is 18.0 Å². The number of hydrogen-bond acceptors (Lipinski definition) is 8. The third-order valence-corrected chi connectivity index (χ3v) is 11.9. The maximum absolute atomic E-state index is 16.5. The van der Waals surface area contributed by atoms with E-state index in [1.165, 1.54) is 12.3 Å². The van der Waals surface area contributed by atoms with Crippen LogP contribution in [0.3, 0.4) is 0 Å². The van der Waals surface area contributed by atoms with Gasteiger partial charge in [0.1, 0.15) is 35.4 Å². The zero-order valence-electron chi connectivity index (χ0n) is 31.5. The standard InChI is InChI=1S/C41H47F3N6O5/c1-40(2,3)55-39(53)48-17-13-24-14-18-50(31(24)22-48)32(51)10-5-8-27-30(43)12-11-25-7-4-9-28(33(25)27)35-34(44)36-29(20-45-35)37(52)47-38(46-36)54-23-41-15-6-16-49(41)21-26(42)19-41/h4,7,9,11-12,20,24,26,31H,5-6,8,10,13-19,21-23H2,1-3H3,(H,46,47,52)/t24?,26-,31?,41+/m1/s1. The largest absolute Gasteiger partial charge is 0.463 e. The number of hydrogen-bond donors (Lipinski definition) is 1. The molecule has 11 nitrogen and oxygen atoms in total. The van der Waals surface area contributed by atoms with Gasteiger partial charge in [-0.05, 0) is 94.2 Å². The number of H-pyrrole nitrogens is 1. The summed E-state index contributed by atoms with van der Waals surface area (Å²) < 4.78 is 58.1. The molecular formula is C41H47F3N6O5. The van der Waals surface area contributed by atoms with E-state index in [1.54, 1.807) is 29.2 Å². The lowest BCUT2D eigenvalue weighted by molar-refractivity contribution is -0.133. The Morgan fingerprint density at radius 2 is 1.89 bits per heavy atom. The summed E-state index contributed by atoms with van der Waals surface area (Å²) in [7, 11) is 0. The normalized spacial score (nSPS) is 24.1. The third-order valence-electron chi connectivity index (χ3n) is 11.9. The second-order valence-corrected chi connectivity index (χ2v) is 16.6. The number of nitrogens with one attached hydrogen (secondary N) is 1. The minimum Gasteiger partial charge on any atom is -0.463 e. The van der Waals surface area contributed by atoms with E-state index >= 15 is 8.78 Å². The maximum atomic E-state index is 16.5. The summed E-state index contributed by atoms with van der Waals surface area (Å²) in [4.78, 5) is 56.4. The van der Waals surface area contributed by atoms with Crippen molar-refractivity contribution in [2.24, 2.45) is 5.92 Å². The van der Waals surface area contributed by atoms with Crippen molar-refractivity contribution in [1.82, 2.24) is 29.7 Å². The molecule has 4 saturated heterocycles. The molecule has 8 rings (SSSR count). The molecule has 1 N–H and O–H groups in total. The Bertz CT molecular complexity index is 2210. The molecule has 4 fully saturated rings. The van der Waals surface area contributed by atoms with E-state index < -0.39 is 34.5 Å². The van der Waals surface area contributed by atoms with Crippen molar-refractivity contribution in [3.05, 3.63) is 64.1 Å². The lowest BCUT2D eigenvalue weighted by Gasteiger charge is -2.39. The molecule has 2 unspecified atom stereocenters. The number of rotatable bonds is 8. The fourth-order valence-corrected chi connectivity index (χ4v) is 9.33. The highest BCUT2D eigenvalue weighted by Gasteiger charge is 2.49. The molecule has 4 aliphatic rings. The van der Waals surface area contributed by atoms with Crippen molar-refractivity contribution in [3.8, 4) is 17.3 Å². The summed E-state index contributed by atoms with van der Waals surface area (Å²) in [5, 5.41) is 1.06. The molecule has 0 radical (unpaired) electrons. The van der Waals surface area contributed by atoms with Gasteiger partial charge in [0, 0.05) is 50.8 Å². The molecule has 0 saturated carbocycles. The summed E-state index contributed by atoms with van der Waals surface area (Å²) >= 11 is 0. The second-order valence-electron chi connectivity index (χ2n) is 16.6. The highest BCUT2D eigenvalue weighted by molar-refractivity contribution is 6.00. The predicted octanol–water partition coefficient (Wildman–Crippen LogP) is 6.55. The first-order chi connectivity index (χ1) is 26.3. The number of alkyl halides is 1. The lowest BCUT2D eigenvalue weighted by Crippen LogP contribution is -2.52. The SMILES string of the molecule is CC(C)(C)OC(=O)N1CCC2CCN(C(=O)CCCc3c(F)ccc4cccc(-c5ncc6c(=O)[nH]c(OC[C@@]78CCCN7C[C@H](F)C8)nc6c5F)c34)C2C1. The van der Waals surface area contributed by atoms with E-state index in [9.17, 15) is 18.8 Å². The number of pyridine rings is 1. The van der Waals surface area contributed by atoms with E-state index in [2.05, 4.69) is 19.9 Å². The maximum Gasteiger partial charge on any atom is 0.410 e. The van der Waals surface area contributed by atoms with Gasteiger partial charge < -0.3 is 19.3 Å². The molecule has 2 amide bonds. The number of halogens is 3. The molecule has 14 heteroatoms. The van der Waals surface area contributed by atoms with E-state index in [-0.39, 0.29) is 60.1 Å². The van der Waals surface area contributed by atoms with Crippen LogP contribution < -0.4 is 10.3 Å². The van der Waals surface area contributed by atoms with E-state index in [0.29, 0.717) is 66.8 Å². The van der Waals surface area contributed by atoms with Crippen LogP contribution in [0, 0.1) is 17.6 Å². The van der Waals surface area contributed by atoms with Crippen LogP contribution in [-0.2, 0) is 16.0 Å². The fraction of sp³-hybridized carbons (Fsp3) is 0.537. The van der Waals surface area contributed by atoms with Gasteiger partial charge in [0.05, 0.1) is 17.0 Å². The van der Waals surface area contributed by atoms with Crippen molar-refractivity contribution in [2.45, 2.75) is 95.5 Å². The Morgan fingerprint density at radius 3 is 2.71 bits per heavy atom. The number of fused-ring (bicyclic) bond motifs is 4. The van der Waals surface area contributed by atoms with Gasteiger partial charge in [-0.25, -0.2) is 18.0 Å². The van der Waals surface area contributed by atoms with Crippen LogP contribution in [-0.4, -0.2) is 104 Å². The van der Waals surface area contributed by atoms with Crippen LogP contribution >= 0.6 is 0 Å². The number of nitrogens with zero attached hydrogens (tertiary/aromatic N) is 5. The molecule has 0 aliphatic carbocycles. The number of ether oxygens (including phenoxy) is 2. The predicted molar refractivity (Wildman–Crippen MR) is 201 cm³/mol. The lowest BCUT2D eigenvalue weighted by atomic mass is 9.92. The number of carbonyl (C=O) groups is 2. The van der Waals surface area contributed by atoms with Crippen LogP contribution in [0.1, 0.15) is 71.3 Å². The minimum absolute atomic E-state index is 0.0475. The molecule has 0 bridgehead atoms. The highest BCUT2D eigenvalue weighted by Crippen LogP contribution is 2.41. The number of aromatic amines is 1. The van der Waals surface area contributed by atoms with Crippen LogP contribution in [0.25, 0.3) is 32.9 Å². The van der Waals surface area contributed by atoms with Crippen LogP contribution in [0.2, 0.25) is 0 Å². The number of aromatic nitrogens is 3. The zero-order valence-corrected chi connectivity index (χ0v) is 31.5. The smallest absolute Gasteiger partial charge is 0.410 e. The molecule has 4 atom stereocenters. The average Bonchev–Trinajstić information content (AvgIpc) is 3.83. The Morgan fingerprint density at radius 1 is 1.07 bits per heavy atom. The number of piperidine rings is 1. The van der Waals surface area contributed by atoms with E-state index in [0.717, 1.165) is 32.2 Å². The number of aryl methyl sites for hydroxylation is 1. The number of carbonyl (C=O) groups excluding carboxylic acids is 2. The Hall–Kier alpha value is -4.72. The molecule has 6 heterocycles. The zero-order chi connectivity index (χ0) is 38.6. The first-order valence-electron chi connectivity index (χ1n) is 19.4. The van der Waals surface area contributed by atoms with Crippen LogP contribution in [0.15, 0.2) is 41.3 Å². The first-order valence-corrected chi connectivity index (χ1v) is 19.4. The van der Waals surface area contributed by atoms with Crippen LogP contribution in [0.5, 0.6) is 6.01 Å². The van der Waals surface area contributed by atoms with Gasteiger partial charge in [-0.15, -0.1) is 0 Å². The number of benzene rings is 2. The second kappa shape index (κ2) is 14.4. The Balaban J connectivity index is 1.02. The minimum atomic E-state index is -0.956. The quantitative estimate of drug-likeness (QED) is 0.215. The Labute approximate surface area is 317 Å². The summed E-state index contributed by atoms with van der Waals surface area (Å²) in [5.74, 6) is -1.07. The number of likely N-dealkylation sites (tertiary alicyclic amines) is 2. The van der Waals surface area contributed by atoms with Crippen molar-refractivity contribution in [3.63, 3.8) is 0 Å². The third kappa shape index (κ3) is 7.13. The van der Waals surface area contributed by atoms with Gasteiger partial charge in [0.15, 0.2) is 5.82 Å². The average molecular weight is 761 g/mol. The molecular weight excluding hydrogens is 713 g/mol. The van der Waals surface area contributed by atoms with Crippen molar-refractivity contribution in [2.75, 3.05) is 39.3 Å². The topological polar surface area (TPSA) is 121 Å². The summed E-state index contributed by atoms with van der Waals surface area (Å²) in [6.45, 7) is 8.33. The summed E-state index contributed by atoms with van der Waals surface area (Å²) in [6.07, 6.45) is 4.33. The van der Waals surface area contributed by atoms with Gasteiger partial charge in [0.25, 0.3) is 11.6 Å². The molecule has 0 spiro atoms. The van der Waals surface area contributed by atoms with E-state index in [1.807, 2.05) is 25.7 Å². The van der Waals surface area contributed by atoms with Crippen molar-refractivity contribution < 1.29 is 32.2 Å². The van der Waals surface area contributed by atoms with Gasteiger partial charge in [-0.1, -0.05) is 24.3 Å². The Kier molecular flexibility index (Phi) is 9.75. The molecule has 2 aromatic carbocycles. The monoisotopic (exact) mass is 760 g/mol.